The summed E-state index contributed by atoms with van der Waals surface area (Å²) in [6.07, 6.45) is 1.83. The van der Waals surface area contributed by atoms with E-state index in [0.29, 0.717) is 0 Å². The topological polar surface area (TPSA) is 90.1 Å². The lowest BCUT2D eigenvalue weighted by molar-refractivity contribution is 0.275. The number of benzene rings is 2. The highest BCUT2D eigenvalue weighted by molar-refractivity contribution is 7.45. The molecule has 0 saturated carbocycles. The van der Waals surface area contributed by atoms with Gasteiger partial charge in [0.25, 0.3) is 0 Å². The van der Waals surface area contributed by atoms with E-state index in [1.165, 1.54) is 0 Å². The average Bonchev–Trinajstić information content (AvgIpc) is 2.37. The first-order valence-corrected chi connectivity index (χ1v) is 7.42. The van der Waals surface area contributed by atoms with E-state index in [-0.39, 0.29) is 0 Å². The molecule has 0 bridgehead atoms. The monoisotopic (exact) mass is 313 g/mol. The van der Waals surface area contributed by atoms with E-state index in [0.717, 1.165) is 16.3 Å². The van der Waals surface area contributed by atoms with Crippen molar-refractivity contribution in [2.75, 3.05) is 0 Å². The van der Waals surface area contributed by atoms with Crippen LogP contribution in [0.4, 0.5) is 5.69 Å². The maximum atomic E-state index is 8.88. The molecule has 0 amide bonds. The molecule has 0 radical (unpaired) electrons. The van der Waals surface area contributed by atoms with Gasteiger partial charge in [0.05, 0.1) is 5.69 Å². The number of rotatable bonds is 2. The van der Waals surface area contributed by atoms with Crippen molar-refractivity contribution in [1.82, 2.24) is 0 Å². The van der Waals surface area contributed by atoms with Crippen molar-refractivity contribution in [2.24, 2.45) is 4.99 Å². The highest BCUT2D eigenvalue weighted by Crippen LogP contribution is 2.25. The Hall–Kier alpha value is -1.49. The zero-order valence-electron chi connectivity index (χ0n) is 10.3. The number of hydrogen-bond donors (Lipinski definition) is 3. The molecule has 106 valence electrons. The largest absolute Gasteiger partial charge is 0.466 e. The molecule has 0 aromatic heterocycles. The Morgan fingerprint density at radius 3 is 1.95 bits per heavy atom. The number of aliphatic imine (C=N–C) groups is 1. The molecule has 2 rings (SSSR count). The fourth-order valence-electron chi connectivity index (χ4n) is 1.21. The first-order valence-electron chi connectivity index (χ1n) is 5.47. The van der Waals surface area contributed by atoms with Crippen molar-refractivity contribution in [3.63, 3.8) is 0 Å². The van der Waals surface area contributed by atoms with Crippen molar-refractivity contribution in [3.05, 3.63) is 65.2 Å². The van der Waals surface area contributed by atoms with Crippen molar-refractivity contribution >= 4 is 31.3 Å². The first kappa shape index (κ1) is 16.6. The summed E-state index contributed by atoms with van der Waals surface area (Å²) in [5, 5.41) is 0.742. The van der Waals surface area contributed by atoms with Gasteiger partial charge < -0.3 is 14.7 Å². The maximum Gasteiger partial charge on any atom is 0.466 e. The number of para-hydroxylation sites is 1. The summed E-state index contributed by atoms with van der Waals surface area (Å²) < 4.78 is 8.88. The molecule has 0 aliphatic rings. The standard InChI is InChI=1S/C13H10ClN.H3O4P/c14-12-8-6-11(7-9-12)10-15-13-4-2-1-3-5-13;1-5(2,3)4/h1-10H;(H3,1,2,3,4). The lowest BCUT2D eigenvalue weighted by Crippen LogP contribution is -1.78. The molecule has 20 heavy (non-hydrogen) atoms. The zero-order valence-corrected chi connectivity index (χ0v) is 11.9. The van der Waals surface area contributed by atoms with Gasteiger partial charge in [0.2, 0.25) is 0 Å². The summed E-state index contributed by atoms with van der Waals surface area (Å²) >= 11 is 5.78. The quantitative estimate of drug-likeness (QED) is 0.587. The van der Waals surface area contributed by atoms with Crippen LogP contribution < -0.4 is 0 Å². The van der Waals surface area contributed by atoms with E-state index in [2.05, 4.69) is 4.99 Å². The summed E-state index contributed by atoms with van der Waals surface area (Å²) in [5.74, 6) is 0. The molecule has 0 heterocycles. The van der Waals surface area contributed by atoms with Gasteiger partial charge in [-0.2, -0.15) is 0 Å². The molecule has 0 saturated heterocycles. The fraction of sp³-hybridized carbons (Fsp3) is 0. The zero-order chi connectivity index (χ0) is 15.0. The Bertz CT molecular complexity index is 587. The van der Waals surface area contributed by atoms with Crippen LogP contribution in [-0.2, 0) is 4.57 Å². The Morgan fingerprint density at radius 2 is 1.45 bits per heavy atom. The molecule has 3 N–H and O–H groups in total. The summed E-state index contributed by atoms with van der Waals surface area (Å²) in [5.41, 5.74) is 2.00. The lowest BCUT2D eigenvalue weighted by atomic mass is 10.2. The van der Waals surface area contributed by atoms with Crippen LogP contribution in [0.2, 0.25) is 5.02 Å². The van der Waals surface area contributed by atoms with Crippen molar-refractivity contribution in [2.45, 2.75) is 0 Å². The fourth-order valence-corrected chi connectivity index (χ4v) is 1.34. The van der Waals surface area contributed by atoms with Crippen LogP contribution in [0.15, 0.2) is 59.6 Å². The molecule has 0 aliphatic heterocycles. The molecular weight excluding hydrogens is 301 g/mol. The second kappa shape index (κ2) is 7.94. The third-order valence-electron chi connectivity index (χ3n) is 1.99. The van der Waals surface area contributed by atoms with Gasteiger partial charge in [-0.25, -0.2) is 4.57 Å². The normalized spacial score (nSPS) is 11.0. The Balaban J connectivity index is 0.000000347. The van der Waals surface area contributed by atoms with Gasteiger partial charge in [-0.15, -0.1) is 0 Å². The Kier molecular flexibility index (Phi) is 6.58. The maximum absolute atomic E-state index is 8.88. The highest BCUT2D eigenvalue weighted by Gasteiger charge is 2.00. The van der Waals surface area contributed by atoms with Gasteiger partial charge in [0.15, 0.2) is 0 Å². The number of nitrogens with zero attached hydrogens (tertiary/aromatic N) is 1. The molecule has 0 aliphatic carbocycles. The summed E-state index contributed by atoms with van der Waals surface area (Å²) in [7, 11) is -4.64. The van der Waals surface area contributed by atoms with Crippen LogP contribution in [-0.4, -0.2) is 20.9 Å². The minimum atomic E-state index is -4.64. The van der Waals surface area contributed by atoms with E-state index in [4.69, 9.17) is 30.8 Å². The van der Waals surface area contributed by atoms with E-state index in [1.54, 1.807) is 0 Å². The number of hydrogen-bond acceptors (Lipinski definition) is 2. The van der Waals surface area contributed by atoms with Crippen LogP contribution >= 0.6 is 19.4 Å². The molecule has 0 fully saturated rings. The molecule has 0 spiro atoms. The molecule has 2 aromatic carbocycles. The van der Waals surface area contributed by atoms with Crippen LogP contribution in [0, 0.1) is 0 Å². The van der Waals surface area contributed by atoms with Crippen LogP contribution in [0.1, 0.15) is 5.56 Å². The average molecular weight is 314 g/mol. The SMILES string of the molecule is Clc1ccc(C=Nc2ccccc2)cc1.O=P(O)(O)O. The van der Waals surface area contributed by atoms with Crippen molar-refractivity contribution in [1.29, 1.82) is 0 Å². The molecule has 2 aromatic rings. The van der Waals surface area contributed by atoms with Gasteiger partial charge in [0.1, 0.15) is 0 Å². The molecule has 7 heteroatoms. The summed E-state index contributed by atoms with van der Waals surface area (Å²) in [6.45, 7) is 0. The minimum Gasteiger partial charge on any atom is -0.303 e. The highest BCUT2D eigenvalue weighted by atomic mass is 35.5. The third-order valence-corrected chi connectivity index (χ3v) is 2.24. The predicted octanol–water partition coefficient (Wildman–Crippen LogP) is 3.16. The summed E-state index contributed by atoms with van der Waals surface area (Å²) in [6, 6.07) is 17.4. The summed E-state index contributed by atoms with van der Waals surface area (Å²) in [4.78, 5) is 25.9. The van der Waals surface area contributed by atoms with Gasteiger partial charge in [-0.1, -0.05) is 41.9 Å². The van der Waals surface area contributed by atoms with Gasteiger partial charge in [-0.3, -0.25) is 4.99 Å². The Morgan fingerprint density at radius 1 is 0.950 bits per heavy atom. The van der Waals surface area contributed by atoms with Crippen molar-refractivity contribution < 1.29 is 19.2 Å². The minimum absolute atomic E-state index is 0.742. The molecular formula is C13H13ClNO4P. The second-order valence-electron chi connectivity index (χ2n) is 3.66. The van der Waals surface area contributed by atoms with E-state index < -0.39 is 7.82 Å². The van der Waals surface area contributed by atoms with Gasteiger partial charge in [-0.05, 0) is 29.8 Å². The van der Waals surface area contributed by atoms with Crippen LogP contribution in [0.5, 0.6) is 0 Å². The van der Waals surface area contributed by atoms with Crippen molar-refractivity contribution in [3.8, 4) is 0 Å². The van der Waals surface area contributed by atoms with E-state index in [9.17, 15) is 0 Å². The molecule has 0 unspecified atom stereocenters. The third kappa shape index (κ3) is 8.58. The Labute approximate surface area is 121 Å². The van der Waals surface area contributed by atoms with Gasteiger partial charge >= 0.3 is 7.82 Å². The van der Waals surface area contributed by atoms with Gasteiger partial charge in [0, 0.05) is 11.2 Å². The van der Waals surface area contributed by atoms with Crippen LogP contribution in [0.3, 0.4) is 0 Å². The molecule has 0 atom stereocenters. The van der Waals surface area contributed by atoms with Crippen LogP contribution in [0.25, 0.3) is 0 Å². The van der Waals surface area contributed by atoms with E-state index in [1.807, 2.05) is 60.8 Å². The number of halogens is 1. The first-order chi connectivity index (χ1) is 9.34. The molecule has 5 nitrogen and oxygen atoms in total. The lowest BCUT2D eigenvalue weighted by Gasteiger charge is -1.94. The number of phosphoric acid groups is 1. The smallest absolute Gasteiger partial charge is 0.303 e. The van der Waals surface area contributed by atoms with E-state index >= 15 is 0 Å². The predicted molar refractivity (Wildman–Crippen MR) is 79.4 cm³/mol. The second-order valence-corrected chi connectivity index (χ2v) is 5.12.